The van der Waals surface area contributed by atoms with Gasteiger partial charge in [-0.15, -0.1) is 0 Å². The molecule has 170 valence electrons. The van der Waals surface area contributed by atoms with E-state index in [0.29, 0.717) is 29.2 Å². The summed E-state index contributed by atoms with van der Waals surface area (Å²) in [6, 6.07) is 14.3. The average Bonchev–Trinajstić information content (AvgIpc) is 3.06. The molecule has 0 aliphatic heterocycles. The van der Waals surface area contributed by atoms with E-state index in [1.54, 1.807) is 37.4 Å². The van der Waals surface area contributed by atoms with E-state index in [1.165, 1.54) is 18.3 Å². The van der Waals surface area contributed by atoms with Crippen LogP contribution >= 0.6 is 11.3 Å². The third-order valence-electron chi connectivity index (χ3n) is 4.60. The number of sulfone groups is 1. The molecule has 0 bridgehead atoms. The minimum atomic E-state index is -3.43. The summed E-state index contributed by atoms with van der Waals surface area (Å²) in [4.78, 5) is 28.5. The fourth-order valence-electron chi connectivity index (χ4n) is 3.14. The summed E-state index contributed by atoms with van der Waals surface area (Å²) in [6.45, 7) is 2.34. The van der Waals surface area contributed by atoms with Crippen molar-refractivity contribution >= 4 is 48.9 Å². The number of carbonyl (C=O) groups is 2. The molecule has 10 heteroatoms. The summed E-state index contributed by atoms with van der Waals surface area (Å²) in [5, 5.41) is 2.74. The van der Waals surface area contributed by atoms with Crippen LogP contribution < -0.4 is 10.1 Å². The highest BCUT2D eigenvalue weighted by Crippen LogP contribution is 2.22. The zero-order chi connectivity index (χ0) is 23.1. The van der Waals surface area contributed by atoms with Crippen LogP contribution in [0.3, 0.4) is 0 Å². The van der Waals surface area contributed by atoms with Crippen molar-refractivity contribution in [2.24, 2.45) is 4.99 Å². The van der Waals surface area contributed by atoms with Gasteiger partial charge in [0.1, 0.15) is 0 Å². The summed E-state index contributed by atoms with van der Waals surface area (Å²) in [7, 11) is -1.85. The Morgan fingerprint density at radius 2 is 1.91 bits per heavy atom. The van der Waals surface area contributed by atoms with Gasteiger partial charge in [0.25, 0.3) is 0 Å². The van der Waals surface area contributed by atoms with Crippen molar-refractivity contribution in [3.05, 3.63) is 58.9 Å². The number of thiazole rings is 1. The Morgan fingerprint density at radius 1 is 1.16 bits per heavy atom. The lowest BCUT2D eigenvalue weighted by atomic mass is 10.2. The number of fused-ring (bicyclic) bond motifs is 1. The number of rotatable bonds is 9. The number of carbonyl (C=O) groups excluding carboxylic acids is 2. The Labute approximate surface area is 190 Å². The summed E-state index contributed by atoms with van der Waals surface area (Å²) in [6.07, 6.45) is -0.190. The molecule has 0 aliphatic carbocycles. The molecule has 0 unspecified atom stereocenters. The van der Waals surface area contributed by atoms with Gasteiger partial charge in [-0.3, -0.25) is 9.59 Å². The number of hydrogen-bond acceptors (Lipinski definition) is 6. The lowest BCUT2D eigenvalue weighted by Gasteiger charge is -2.06. The van der Waals surface area contributed by atoms with Crippen LogP contribution in [0.2, 0.25) is 0 Å². The summed E-state index contributed by atoms with van der Waals surface area (Å²) >= 11 is 1.30. The number of hydrogen-bond donors (Lipinski definition) is 1. The van der Waals surface area contributed by atoms with Crippen LogP contribution in [0, 0.1) is 0 Å². The van der Waals surface area contributed by atoms with E-state index in [4.69, 9.17) is 4.74 Å². The molecule has 2 amide bonds. The van der Waals surface area contributed by atoms with E-state index >= 15 is 0 Å². The van der Waals surface area contributed by atoms with Gasteiger partial charge in [0.2, 0.25) is 11.8 Å². The second kappa shape index (κ2) is 10.7. The zero-order valence-electron chi connectivity index (χ0n) is 17.9. The van der Waals surface area contributed by atoms with Crippen LogP contribution in [-0.2, 0) is 36.5 Å². The molecule has 0 atom stereocenters. The van der Waals surface area contributed by atoms with E-state index in [-0.39, 0.29) is 23.8 Å². The Hall–Kier alpha value is -2.82. The topological polar surface area (TPSA) is 107 Å². The van der Waals surface area contributed by atoms with Crippen molar-refractivity contribution in [1.29, 1.82) is 0 Å². The SMILES string of the molecule is COCCn1c(=NC(=O)CCS(=O)(=O)Cc2ccccc2)sc2cc(NC(C)=O)ccc21. The van der Waals surface area contributed by atoms with Crippen LogP contribution in [0.4, 0.5) is 5.69 Å². The van der Waals surface area contributed by atoms with Crippen molar-refractivity contribution in [2.45, 2.75) is 25.6 Å². The third kappa shape index (κ3) is 6.59. The molecule has 1 heterocycles. The third-order valence-corrected chi connectivity index (χ3v) is 7.24. The van der Waals surface area contributed by atoms with Crippen molar-refractivity contribution in [2.75, 3.05) is 24.8 Å². The monoisotopic (exact) mass is 475 g/mol. The predicted octanol–water partition coefficient (Wildman–Crippen LogP) is 2.74. The van der Waals surface area contributed by atoms with E-state index in [9.17, 15) is 18.0 Å². The van der Waals surface area contributed by atoms with E-state index < -0.39 is 15.7 Å². The molecule has 8 nitrogen and oxygen atoms in total. The van der Waals surface area contributed by atoms with Crippen molar-refractivity contribution in [3.63, 3.8) is 0 Å². The molecule has 0 radical (unpaired) electrons. The normalized spacial score (nSPS) is 12.2. The number of ether oxygens (including phenoxy) is 1. The number of nitrogens with one attached hydrogen (secondary N) is 1. The van der Waals surface area contributed by atoms with Crippen LogP contribution in [0.5, 0.6) is 0 Å². The predicted molar refractivity (Wildman–Crippen MR) is 125 cm³/mol. The zero-order valence-corrected chi connectivity index (χ0v) is 19.5. The van der Waals surface area contributed by atoms with Crippen LogP contribution in [0.1, 0.15) is 18.9 Å². The standard InChI is InChI=1S/C22H25N3O5S2/c1-16(26)23-18-8-9-19-20(14-18)31-22(25(19)11-12-30-2)24-21(27)10-13-32(28,29)15-17-6-4-3-5-7-17/h3-9,14H,10-13,15H2,1-2H3,(H,23,26). The van der Waals surface area contributed by atoms with Gasteiger partial charge in [0.05, 0.1) is 28.3 Å². The summed E-state index contributed by atoms with van der Waals surface area (Å²) in [5.74, 6) is -1.05. The highest BCUT2D eigenvalue weighted by Gasteiger charge is 2.15. The molecule has 0 spiro atoms. The van der Waals surface area contributed by atoms with Gasteiger partial charge < -0.3 is 14.6 Å². The van der Waals surface area contributed by atoms with Gasteiger partial charge in [0, 0.05) is 32.7 Å². The second-order valence-corrected chi connectivity index (χ2v) is 10.4. The van der Waals surface area contributed by atoms with Gasteiger partial charge in [0.15, 0.2) is 14.6 Å². The van der Waals surface area contributed by atoms with Gasteiger partial charge in [-0.1, -0.05) is 41.7 Å². The van der Waals surface area contributed by atoms with Crippen LogP contribution in [0.15, 0.2) is 53.5 Å². The number of anilines is 1. The highest BCUT2D eigenvalue weighted by atomic mass is 32.2. The molecule has 0 saturated carbocycles. The number of methoxy groups -OCH3 is 1. The molecule has 1 N–H and O–H groups in total. The summed E-state index contributed by atoms with van der Waals surface area (Å²) in [5.41, 5.74) is 2.19. The first-order valence-corrected chi connectivity index (χ1v) is 12.6. The first-order valence-electron chi connectivity index (χ1n) is 9.99. The Balaban J connectivity index is 1.81. The largest absolute Gasteiger partial charge is 0.383 e. The molecule has 0 aliphatic rings. The van der Waals surface area contributed by atoms with E-state index in [1.807, 2.05) is 22.8 Å². The molecule has 2 aromatic carbocycles. The Kier molecular flexibility index (Phi) is 7.94. The fourth-order valence-corrected chi connectivity index (χ4v) is 5.59. The van der Waals surface area contributed by atoms with Gasteiger partial charge in [-0.25, -0.2) is 8.42 Å². The molecule has 1 aromatic heterocycles. The molecular weight excluding hydrogens is 450 g/mol. The minimum Gasteiger partial charge on any atom is -0.383 e. The molecule has 0 saturated heterocycles. The summed E-state index contributed by atoms with van der Waals surface area (Å²) < 4.78 is 32.6. The van der Waals surface area contributed by atoms with Gasteiger partial charge in [-0.2, -0.15) is 4.99 Å². The van der Waals surface area contributed by atoms with Crippen LogP contribution in [0.25, 0.3) is 10.2 Å². The number of aromatic nitrogens is 1. The maximum Gasteiger partial charge on any atom is 0.249 e. The number of amides is 2. The van der Waals surface area contributed by atoms with Gasteiger partial charge in [-0.05, 0) is 23.8 Å². The van der Waals surface area contributed by atoms with Crippen molar-refractivity contribution in [1.82, 2.24) is 4.57 Å². The maximum absolute atomic E-state index is 12.5. The van der Waals surface area contributed by atoms with Crippen molar-refractivity contribution in [3.8, 4) is 0 Å². The average molecular weight is 476 g/mol. The maximum atomic E-state index is 12.5. The molecule has 3 aromatic rings. The fraction of sp³-hybridized carbons (Fsp3) is 0.318. The highest BCUT2D eigenvalue weighted by molar-refractivity contribution is 7.90. The van der Waals surface area contributed by atoms with Crippen LogP contribution in [-0.4, -0.2) is 44.3 Å². The minimum absolute atomic E-state index is 0.107. The Morgan fingerprint density at radius 3 is 2.59 bits per heavy atom. The van der Waals surface area contributed by atoms with E-state index in [0.717, 1.165) is 10.2 Å². The molecule has 3 rings (SSSR count). The smallest absolute Gasteiger partial charge is 0.249 e. The second-order valence-electron chi connectivity index (χ2n) is 7.23. The number of nitrogens with zero attached hydrogens (tertiary/aromatic N) is 2. The first kappa shape index (κ1) is 23.8. The van der Waals surface area contributed by atoms with Gasteiger partial charge >= 0.3 is 0 Å². The Bertz CT molecular complexity index is 1280. The lowest BCUT2D eigenvalue weighted by Crippen LogP contribution is -2.20. The molecular formula is C22H25N3O5S2. The molecule has 0 fully saturated rings. The number of benzene rings is 2. The first-order chi connectivity index (χ1) is 15.3. The lowest BCUT2D eigenvalue weighted by molar-refractivity contribution is -0.117. The van der Waals surface area contributed by atoms with Crippen molar-refractivity contribution < 1.29 is 22.7 Å². The quantitative estimate of drug-likeness (QED) is 0.512. The van der Waals surface area contributed by atoms with E-state index in [2.05, 4.69) is 10.3 Å². The molecule has 32 heavy (non-hydrogen) atoms.